The Bertz CT molecular complexity index is 165. The predicted octanol–water partition coefficient (Wildman–Crippen LogP) is -0.982. The van der Waals surface area contributed by atoms with Crippen LogP contribution in [0.4, 0.5) is 0 Å². The number of hydrogen-bond acceptors (Lipinski definition) is 3. The summed E-state index contributed by atoms with van der Waals surface area (Å²) in [6.45, 7) is 2.17. The van der Waals surface area contributed by atoms with E-state index in [1.165, 1.54) is 0 Å². The molecule has 1 rings (SSSR count). The Balaban J connectivity index is 2.34. The number of carbonyl (C=O) groups is 1. The molecule has 1 amide bonds. The highest BCUT2D eigenvalue weighted by molar-refractivity contribution is 6.18. The molecule has 1 atom stereocenters. The highest BCUT2D eigenvalue weighted by atomic mass is 35.5. The molecule has 0 aromatic rings. The fourth-order valence-corrected chi connectivity index (χ4v) is 1.24. The Kier molecular flexibility index (Phi) is 3.78. The van der Waals surface area contributed by atoms with Crippen molar-refractivity contribution in [3.63, 3.8) is 0 Å². The number of nitrogens with one attached hydrogen (secondary N) is 1. The summed E-state index contributed by atoms with van der Waals surface area (Å²) >= 11 is 5.42. The van der Waals surface area contributed by atoms with Crippen LogP contribution >= 0.6 is 11.6 Å². The monoisotopic (exact) mass is 192 g/mol. The number of halogens is 1. The maximum absolute atomic E-state index is 11.2. The molecule has 1 unspecified atom stereocenters. The number of rotatable bonds is 3. The highest BCUT2D eigenvalue weighted by Crippen LogP contribution is 1.98. The summed E-state index contributed by atoms with van der Waals surface area (Å²) in [6.07, 6.45) is -0.603. The van der Waals surface area contributed by atoms with Gasteiger partial charge in [0.05, 0.1) is 18.5 Å². The van der Waals surface area contributed by atoms with Crippen molar-refractivity contribution in [3.8, 4) is 0 Å². The zero-order valence-corrected chi connectivity index (χ0v) is 7.55. The SMILES string of the molecule is O=C1CNCCN1CC(O)CCl. The Hall–Kier alpha value is -0.320. The summed E-state index contributed by atoms with van der Waals surface area (Å²) in [5.74, 6) is 0.211. The molecule has 5 heteroatoms. The van der Waals surface area contributed by atoms with E-state index in [2.05, 4.69) is 5.32 Å². The van der Waals surface area contributed by atoms with Gasteiger partial charge in [0.25, 0.3) is 0 Å². The highest BCUT2D eigenvalue weighted by Gasteiger charge is 2.19. The lowest BCUT2D eigenvalue weighted by Crippen LogP contribution is -2.50. The van der Waals surface area contributed by atoms with E-state index in [0.717, 1.165) is 6.54 Å². The van der Waals surface area contributed by atoms with Gasteiger partial charge in [0.2, 0.25) is 5.91 Å². The van der Waals surface area contributed by atoms with Gasteiger partial charge in [0.1, 0.15) is 0 Å². The molecular formula is C7H13ClN2O2. The van der Waals surface area contributed by atoms with Gasteiger partial charge in [-0.05, 0) is 0 Å². The van der Waals surface area contributed by atoms with Crippen LogP contribution in [0.15, 0.2) is 0 Å². The standard InChI is InChI=1S/C7H13ClN2O2/c8-3-6(11)5-10-2-1-9-4-7(10)12/h6,9,11H,1-5H2. The van der Waals surface area contributed by atoms with Crippen molar-refractivity contribution < 1.29 is 9.90 Å². The molecule has 1 fully saturated rings. The minimum atomic E-state index is -0.603. The topological polar surface area (TPSA) is 52.6 Å². The molecule has 0 saturated carbocycles. The van der Waals surface area contributed by atoms with Crippen molar-refractivity contribution in [1.82, 2.24) is 10.2 Å². The Labute approximate surface area is 76.5 Å². The number of aliphatic hydroxyl groups is 1. The molecule has 1 aliphatic rings. The van der Waals surface area contributed by atoms with Crippen LogP contribution in [0.5, 0.6) is 0 Å². The third kappa shape index (κ3) is 2.62. The minimum Gasteiger partial charge on any atom is -0.390 e. The first kappa shape index (κ1) is 9.77. The van der Waals surface area contributed by atoms with Crippen LogP contribution in [0.25, 0.3) is 0 Å². The van der Waals surface area contributed by atoms with Gasteiger partial charge in [0, 0.05) is 19.6 Å². The van der Waals surface area contributed by atoms with Crippen LogP contribution in [0, 0.1) is 0 Å². The van der Waals surface area contributed by atoms with E-state index in [9.17, 15) is 9.90 Å². The van der Waals surface area contributed by atoms with Gasteiger partial charge in [-0.15, -0.1) is 11.6 Å². The van der Waals surface area contributed by atoms with E-state index in [-0.39, 0.29) is 11.8 Å². The van der Waals surface area contributed by atoms with Gasteiger partial charge in [-0.25, -0.2) is 0 Å². The summed E-state index contributed by atoms with van der Waals surface area (Å²) in [4.78, 5) is 12.8. The molecule has 1 saturated heterocycles. The van der Waals surface area contributed by atoms with Gasteiger partial charge in [-0.1, -0.05) is 0 Å². The molecule has 1 aliphatic heterocycles. The van der Waals surface area contributed by atoms with E-state index in [1.807, 2.05) is 0 Å². The first-order chi connectivity index (χ1) is 5.74. The normalized spacial score (nSPS) is 21.2. The van der Waals surface area contributed by atoms with Gasteiger partial charge in [0.15, 0.2) is 0 Å². The largest absolute Gasteiger partial charge is 0.390 e. The smallest absolute Gasteiger partial charge is 0.236 e. The van der Waals surface area contributed by atoms with E-state index in [0.29, 0.717) is 19.6 Å². The fourth-order valence-electron chi connectivity index (χ4n) is 1.14. The predicted molar refractivity (Wildman–Crippen MR) is 46.2 cm³/mol. The summed E-state index contributed by atoms with van der Waals surface area (Å²) in [5.41, 5.74) is 0. The molecule has 12 heavy (non-hydrogen) atoms. The van der Waals surface area contributed by atoms with Crippen LogP contribution in [0.3, 0.4) is 0 Å². The molecule has 0 spiro atoms. The second-order valence-electron chi connectivity index (χ2n) is 2.82. The van der Waals surface area contributed by atoms with Crippen molar-refractivity contribution in [2.75, 3.05) is 32.1 Å². The van der Waals surface area contributed by atoms with Gasteiger partial charge < -0.3 is 15.3 Å². The average molecular weight is 193 g/mol. The second-order valence-corrected chi connectivity index (χ2v) is 3.13. The van der Waals surface area contributed by atoms with Crippen molar-refractivity contribution in [1.29, 1.82) is 0 Å². The Morgan fingerprint density at radius 3 is 3.08 bits per heavy atom. The van der Waals surface area contributed by atoms with Crippen LogP contribution < -0.4 is 5.32 Å². The molecule has 0 aliphatic carbocycles. The summed E-state index contributed by atoms with van der Waals surface area (Å²) < 4.78 is 0. The third-order valence-electron chi connectivity index (χ3n) is 1.80. The van der Waals surface area contributed by atoms with Gasteiger partial charge in [-0.3, -0.25) is 4.79 Å². The molecule has 0 aromatic carbocycles. The molecule has 2 N–H and O–H groups in total. The van der Waals surface area contributed by atoms with Crippen LogP contribution in [-0.2, 0) is 4.79 Å². The number of hydrogen-bond donors (Lipinski definition) is 2. The number of nitrogens with zero attached hydrogens (tertiary/aromatic N) is 1. The summed E-state index contributed by atoms with van der Waals surface area (Å²) in [7, 11) is 0. The quantitative estimate of drug-likeness (QED) is 0.566. The van der Waals surface area contributed by atoms with E-state index < -0.39 is 6.10 Å². The lowest BCUT2D eigenvalue weighted by atomic mass is 10.3. The Morgan fingerprint density at radius 1 is 1.75 bits per heavy atom. The van der Waals surface area contributed by atoms with Crippen molar-refractivity contribution >= 4 is 17.5 Å². The van der Waals surface area contributed by atoms with Gasteiger partial charge >= 0.3 is 0 Å². The molecule has 0 radical (unpaired) electrons. The molecular weight excluding hydrogens is 180 g/mol. The average Bonchev–Trinajstić information content (AvgIpc) is 2.09. The lowest BCUT2D eigenvalue weighted by molar-refractivity contribution is -0.133. The van der Waals surface area contributed by atoms with Crippen LogP contribution in [0.2, 0.25) is 0 Å². The number of aliphatic hydroxyl groups excluding tert-OH is 1. The first-order valence-corrected chi connectivity index (χ1v) is 4.50. The number of alkyl halides is 1. The minimum absolute atomic E-state index is 0.0328. The van der Waals surface area contributed by atoms with E-state index in [4.69, 9.17) is 11.6 Å². The molecule has 1 heterocycles. The van der Waals surface area contributed by atoms with Crippen molar-refractivity contribution in [2.45, 2.75) is 6.10 Å². The number of piperazine rings is 1. The van der Waals surface area contributed by atoms with Crippen LogP contribution in [0.1, 0.15) is 0 Å². The zero-order valence-electron chi connectivity index (χ0n) is 6.79. The molecule has 0 bridgehead atoms. The number of β-amino-alcohol motifs (C(OH)–C–C–N with tert-alkyl or cyclic N) is 1. The van der Waals surface area contributed by atoms with Crippen LogP contribution in [-0.4, -0.2) is 54.1 Å². The maximum Gasteiger partial charge on any atom is 0.236 e. The van der Waals surface area contributed by atoms with Crippen molar-refractivity contribution in [3.05, 3.63) is 0 Å². The second kappa shape index (κ2) is 4.64. The van der Waals surface area contributed by atoms with Crippen molar-refractivity contribution in [2.24, 2.45) is 0 Å². The zero-order chi connectivity index (χ0) is 8.97. The van der Waals surface area contributed by atoms with E-state index in [1.54, 1.807) is 4.90 Å². The molecule has 70 valence electrons. The molecule has 0 aromatic heterocycles. The first-order valence-electron chi connectivity index (χ1n) is 3.96. The number of amides is 1. The fraction of sp³-hybridized carbons (Fsp3) is 0.857. The maximum atomic E-state index is 11.2. The summed E-state index contributed by atoms with van der Waals surface area (Å²) in [5, 5.41) is 12.1. The van der Waals surface area contributed by atoms with Gasteiger partial charge in [-0.2, -0.15) is 0 Å². The molecule has 4 nitrogen and oxygen atoms in total. The third-order valence-corrected chi connectivity index (χ3v) is 2.15. The Morgan fingerprint density at radius 2 is 2.50 bits per heavy atom. The van der Waals surface area contributed by atoms with E-state index >= 15 is 0 Å². The number of carbonyl (C=O) groups excluding carboxylic acids is 1. The summed E-state index contributed by atoms with van der Waals surface area (Å²) in [6, 6.07) is 0. The lowest BCUT2D eigenvalue weighted by Gasteiger charge is -2.28.